The maximum absolute atomic E-state index is 14.5. The molecule has 304 valence electrons. The highest BCUT2D eigenvalue weighted by Gasteiger charge is 2.42. The third-order valence-corrected chi connectivity index (χ3v) is 12.6. The van der Waals surface area contributed by atoms with Gasteiger partial charge in [0.15, 0.2) is 5.82 Å². The van der Waals surface area contributed by atoms with Crippen molar-refractivity contribution < 1.29 is 4.84 Å². The Morgan fingerprint density at radius 3 is 2.05 bits per heavy atom. The summed E-state index contributed by atoms with van der Waals surface area (Å²) in [5, 5.41) is 16.7. The van der Waals surface area contributed by atoms with Gasteiger partial charge in [0.25, 0.3) is 5.56 Å². The highest BCUT2D eigenvalue weighted by molar-refractivity contribution is 5.81. The summed E-state index contributed by atoms with van der Waals surface area (Å²) in [4.78, 5) is 26.0. The van der Waals surface area contributed by atoms with Crippen molar-refractivity contribution in [1.82, 2.24) is 34.8 Å². The van der Waals surface area contributed by atoms with E-state index in [1.807, 2.05) is 45.6 Å². The van der Waals surface area contributed by atoms with Crippen LogP contribution in [0.15, 0.2) is 163 Å². The van der Waals surface area contributed by atoms with Gasteiger partial charge >= 0.3 is 0 Å². The average Bonchev–Trinajstić information content (AvgIpc) is 4.00. The molecule has 0 spiro atoms. The van der Waals surface area contributed by atoms with Gasteiger partial charge in [-0.05, 0) is 87.2 Å². The summed E-state index contributed by atoms with van der Waals surface area (Å²) >= 11 is 0. The van der Waals surface area contributed by atoms with E-state index in [4.69, 9.17) is 20.1 Å². The minimum atomic E-state index is -0.878. The van der Waals surface area contributed by atoms with Crippen molar-refractivity contribution in [1.29, 1.82) is 0 Å². The first kappa shape index (κ1) is 38.6. The Morgan fingerprint density at radius 1 is 0.738 bits per heavy atom. The number of aryl methyl sites for hydroxylation is 1. The topological polar surface area (TPSA) is 91.0 Å². The smallest absolute Gasteiger partial charge is 0.261 e. The summed E-state index contributed by atoms with van der Waals surface area (Å²) in [5.74, 6) is 1.46. The van der Waals surface area contributed by atoms with Gasteiger partial charge in [-0.2, -0.15) is 5.06 Å². The quantitative estimate of drug-likeness (QED) is 0.114. The predicted molar refractivity (Wildman–Crippen MR) is 240 cm³/mol. The fraction of sp³-hybridized carbons (Fsp3) is 0.250. The van der Waals surface area contributed by atoms with Crippen LogP contribution >= 0.6 is 0 Å². The molecule has 2 fully saturated rings. The number of aromatic nitrogens is 6. The molecule has 6 aromatic carbocycles. The number of piperidine rings is 1. The molecule has 2 atom stereocenters. The molecule has 10 rings (SSSR count). The van der Waals surface area contributed by atoms with E-state index in [0.717, 1.165) is 88.1 Å². The predicted octanol–water partition coefficient (Wildman–Crippen LogP) is 10.2. The molecule has 0 aliphatic carbocycles. The lowest BCUT2D eigenvalue weighted by atomic mass is 9.77. The zero-order valence-corrected chi connectivity index (χ0v) is 34.5. The number of benzene rings is 6. The SMILES string of the molecule is CCCCc1nc2ccc([C@@H]3C[C@H]4CCCCN4O3)cc2c(=O)n1Cc1ccc(-c2ccccc2-c2nnnn2C(c2ccccc2)(c2ccccc2)c2ccccc2)cc1. The monoisotopic (exact) mass is 803 g/mol. The minimum absolute atomic E-state index is 0.00587. The zero-order valence-electron chi connectivity index (χ0n) is 34.5. The summed E-state index contributed by atoms with van der Waals surface area (Å²) in [6.45, 7) is 3.57. The molecule has 2 aromatic heterocycles. The van der Waals surface area contributed by atoms with Crippen molar-refractivity contribution in [2.24, 2.45) is 0 Å². The molecule has 0 amide bonds. The minimum Gasteiger partial charge on any atom is -0.292 e. The third-order valence-electron chi connectivity index (χ3n) is 12.6. The summed E-state index contributed by atoms with van der Waals surface area (Å²) in [5.41, 5.74) is 7.98. The van der Waals surface area contributed by atoms with E-state index in [1.54, 1.807) is 0 Å². The molecule has 0 N–H and O–H groups in total. The van der Waals surface area contributed by atoms with Gasteiger partial charge in [0.2, 0.25) is 0 Å². The molecule has 2 saturated heterocycles. The number of hydrogen-bond donors (Lipinski definition) is 0. The Balaban J connectivity index is 1.02. The normalized spacial score (nSPS) is 16.8. The van der Waals surface area contributed by atoms with Gasteiger partial charge in [-0.25, -0.2) is 9.67 Å². The molecule has 0 radical (unpaired) electrons. The second kappa shape index (κ2) is 16.8. The van der Waals surface area contributed by atoms with Crippen molar-refractivity contribution in [3.8, 4) is 22.5 Å². The summed E-state index contributed by atoms with van der Waals surface area (Å²) in [7, 11) is 0. The maximum Gasteiger partial charge on any atom is 0.261 e. The largest absolute Gasteiger partial charge is 0.292 e. The van der Waals surface area contributed by atoms with Gasteiger partial charge in [0.05, 0.1) is 17.4 Å². The molecule has 9 nitrogen and oxygen atoms in total. The van der Waals surface area contributed by atoms with E-state index in [1.165, 1.54) is 19.3 Å². The van der Waals surface area contributed by atoms with Crippen LogP contribution in [-0.2, 0) is 23.3 Å². The van der Waals surface area contributed by atoms with Crippen LogP contribution in [0.25, 0.3) is 33.4 Å². The van der Waals surface area contributed by atoms with Gasteiger partial charge in [-0.1, -0.05) is 165 Å². The molecule has 2 aliphatic rings. The second-order valence-electron chi connectivity index (χ2n) is 16.4. The average molecular weight is 804 g/mol. The molecular formula is C52H49N7O2. The maximum atomic E-state index is 14.5. The lowest BCUT2D eigenvalue weighted by Gasteiger charge is -2.36. The molecule has 0 unspecified atom stereocenters. The van der Waals surface area contributed by atoms with Crippen LogP contribution < -0.4 is 5.56 Å². The van der Waals surface area contributed by atoms with Crippen LogP contribution in [0.3, 0.4) is 0 Å². The van der Waals surface area contributed by atoms with Crippen molar-refractivity contribution >= 4 is 10.9 Å². The first-order chi connectivity index (χ1) is 30.1. The Bertz CT molecular complexity index is 2710. The Kier molecular flexibility index (Phi) is 10.7. The molecule has 9 heteroatoms. The molecule has 4 heterocycles. The van der Waals surface area contributed by atoms with Gasteiger partial charge in [0, 0.05) is 24.6 Å². The standard InChI is InChI=1S/C52H49N7O2/c1-2-3-26-49-53-47-32-31-39(48-35-43-23-15-16-33-58(43)61-48)34-46(47)51(60)57(49)36-37-27-29-38(30-28-37)44-24-13-14-25-45(44)50-54-55-56-59(50)52(40-17-7-4-8-18-40,41-19-9-5-10-20-41)42-21-11-6-12-22-42/h4-14,17-22,24-25,27-32,34,43,48H,2-3,15-16,23,26,33,35-36H2,1H3/t43-,48+/m1/s1. The number of nitrogens with zero attached hydrogens (tertiary/aromatic N) is 7. The Morgan fingerprint density at radius 2 is 1.39 bits per heavy atom. The van der Waals surface area contributed by atoms with Gasteiger partial charge in [-0.15, -0.1) is 5.10 Å². The lowest BCUT2D eigenvalue weighted by molar-refractivity contribution is -0.173. The third kappa shape index (κ3) is 7.17. The highest BCUT2D eigenvalue weighted by atomic mass is 16.7. The lowest BCUT2D eigenvalue weighted by Crippen LogP contribution is -2.39. The molecule has 2 aliphatic heterocycles. The van der Waals surface area contributed by atoms with E-state index in [-0.39, 0.29) is 11.7 Å². The molecule has 61 heavy (non-hydrogen) atoms. The summed E-state index contributed by atoms with van der Waals surface area (Å²) < 4.78 is 3.86. The zero-order chi connectivity index (χ0) is 41.2. The van der Waals surface area contributed by atoms with Crippen molar-refractivity contribution in [2.45, 2.75) is 76.1 Å². The molecular weight excluding hydrogens is 755 g/mol. The first-order valence-corrected chi connectivity index (χ1v) is 21.7. The van der Waals surface area contributed by atoms with Crippen molar-refractivity contribution in [3.63, 3.8) is 0 Å². The van der Waals surface area contributed by atoms with Crippen LogP contribution in [0.5, 0.6) is 0 Å². The van der Waals surface area contributed by atoms with Gasteiger partial charge in [0.1, 0.15) is 17.5 Å². The Hall–Kier alpha value is -6.55. The fourth-order valence-electron chi connectivity index (χ4n) is 9.56. The summed E-state index contributed by atoms with van der Waals surface area (Å²) in [6, 6.07) is 54.8. The number of tetrazole rings is 1. The number of hydroxylamine groups is 2. The van der Waals surface area contributed by atoms with Crippen molar-refractivity contribution in [2.75, 3.05) is 6.54 Å². The van der Waals surface area contributed by atoms with Gasteiger partial charge < -0.3 is 0 Å². The number of rotatable bonds is 12. The second-order valence-corrected chi connectivity index (χ2v) is 16.4. The fourth-order valence-corrected chi connectivity index (χ4v) is 9.56. The molecule has 0 saturated carbocycles. The van der Waals surface area contributed by atoms with E-state index in [0.29, 0.717) is 23.8 Å². The van der Waals surface area contributed by atoms with Crippen LogP contribution in [0.1, 0.15) is 85.2 Å². The van der Waals surface area contributed by atoms with E-state index in [9.17, 15) is 4.79 Å². The number of fused-ring (bicyclic) bond motifs is 2. The number of hydrogen-bond acceptors (Lipinski definition) is 7. The van der Waals surface area contributed by atoms with E-state index < -0.39 is 5.54 Å². The summed E-state index contributed by atoms with van der Waals surface area (Å²) in [6.07, 6.45) is 7.22. The number of unbranched alkanes of at least 4 members (excludes halogenated alkanes) is 1. The van der Waals surface area contributed by atoms with Crippen LogP contribution in [0.4, 0.5) is 0 Å². The van der Waals surface area contributed by atoms with Crippen LogP contribution in [-0.4, -0.2) is 47.4 Å². The first-order valence-electron chi connectivity index (χ1n) is 21.7. The van der Waals surface area contributed by atoms with Crippen molar-refractivity contribution in [3.05, 3.63) is 202 Å². The van der Waals surface area contributed by atoms with E-state index in [2.05, 4.69) is 139 Å². The molecule has 0 bridgehead atoms. The molecule has 8 aromatic rings. The van der Waals surface area contributed by atoms with E-state index >= 15 is 0 Å². The Labute approximate surface area is 356 Å². The highest BCUT2D eigenvalue weighted by Crippen LogP contribution is 2.44. The van der Waals surface area contributed by atoms with Crippen LogP contribution in [0, 0.1) is 0 Å². The van der Waals surface area contributed by atoms with Gasteiger partial charge in [-0.3, -0.25) is 14.2 Å². The van der Waals surface area contributed by atoms with Crippen LogP contribution in [0.2, 0.25) is 0 Å².